The van der Waals surface area contributed by atoms with Crippen molar-refractivity contribution in [2.75, 3.05) is 0 Å². The smallest absolute Gasteiger partial charge is 0.118 e. The Morgan fingerprint density at radius 1 is 1.83 bits per heavy atom. The summed E-state index contributed by atoms with van der Waals surface area (Å²) < 4.78 is 11.6. The van der Waals surface area contributed by atoms with E-state index in [1.54, 1.807) is 6.92 Å². The lowest BCUT2D eigenvalue weighted by atomic mass is 10.5. The maximum absolute atomic E-state index is 11.6. The summed E-state index contributed by atoms with van der Waals surface area (Å²) in [5, 5.41) is 0. The lowest BCUT2D eigenvalue weighted by Gasteiger charge is -1.72. The van der Waals surface area contributed by atoms with E-state index in [4.69, 9.17) is 0 Å². The van der Waals surface area contributed by atoms with Crippen LogP contribution < -0.4 is 0 Å². The summed E-state index contributed by atoms with van der Waals surface area (Å²) in [6.45, 7) is 4.81. The van der Waals surface area contributed by atoms with Gasteiger partial charge in [-0.15, -0.1) is 0 Å². The molecular formula is C5H7F. The topological polar surface area (TPSA) is 0 Å². The highest BCUT2D eigenvalue weighted by molar-refractivity contribution is 5.04. The zero-order valence-electron chi connectivity index (χ0n) is 3.74. The van der Waals surface area contributed by atoms with Crippen molar-refractivity contribution in [3.63, 3.8) is 0 Å². The van der Waals surface area contributed by atoms with Gasteiger partial charge in [0.2, 0.25) is 0 Å². The van der Waals surface area contributed by atoms with E-state index in [2.05, 4.69) is 6.58 Å². The summed E-state index contributed by atoms with van der Waals surface area (Å²) in [6, 6.07) is 0. The molecule has 0 aromatic heterocycles. The highest BCUT2D eigenvalue weighted by Crippen LogP contribution is 1.92. The van der Waals surface area contributed by atoms with E-state index in [-0.39, 0.29) is 5.83 Å². The zero-order valence-corrected chi connectivity index (χ0v) is 3.74. The molecule has 0 rings (SSSR count). The van der Waals surface area contributed by atoms with Crippen LogP contribution in [0.25, 0.3) is 0 Å². The van der Waals surface area contributed by atoms with E-state index in [9.17, 15) is 4.39 Å². The first-order valence-corrected chi connectivity index (χ1v) is 1.75. The number of hydrogen-bond donors (Lipinski definition) is 0. The highest BCUT2D eigenvalue weighted by Gasteiger charge is 1.73. The van der Waals surface area contributed by atoms with Gasteiger partial charge in [-0.2, -0.15) is 0 Å². The van der Waals surface area contributed by atoms with Crippen LogP contribution in [0.3, 0.4) is 0 Å². The molecule has 0 aliphatic carbocycles. The fourth-order valence-corrected chi connectivity index (χ4v) is 0.118. The molecule has 0 atom stereocenters. The van der Waals surface area contributed by atoms with Crippen LogP contribution >= 0.6 is 0 Å². The average Bonchev–Trinajstić information content (AvgIpc) is 1.65. The summed E-state index contributed by atoms with van der Waals surface area (Å²) >= 11 is 0. The number of allylic oxidation sites excluding steroid dienone is 3. The first-order valence-electron chi connectivity index (χ1n) is 1.75. The van der Waals surface area contributed by atoms with E-state index >= 15 is 0 Å². The second kappa shape index (κ2) is 2.64. The SMILES string of the molecule is C=C/C(F)=C/C. The van der Waals surface area contributed by atoms with Crippen LogP contribution in [0.5, 0.6) is 0 Å². The maximum Gasteiger partial charge on any atom is 0.118 e. The molecule has 0 bridgehead atoms. The normalized spacial score (nSPS) is 11.3. The Morgan fingerprint density at radius 2 is 2.33 bits per heavy atom. The Balaban J connectivity index is 3.50. The molecule has 0 unspecified atom stereocenters. The minimum absolute atomic E-state index is 0.269. The standard InChI is InChI=1S/C5H7F/c1-3-5(6)4-2/h3-4H,1H2,2H3/b5-4-. The van der Waals surface area contributed by atoms with Crippen LogP contribution in [0.1, 0.15) is 6.92 Å². The predicted octanol–water partition coefficient (Wildman–Crippen LogP) is 2.05. The van der Waals surface area contributed by atoms with Crippen LogP contribution in [-0.4, -0.2) is 0 Å². The third-order valence-corrected chi connectivity index (χ3v) is 0.471. The first kappa shape index (κ1) is 5.41. The molecule has 34 valence electrons. The monoisotopic (exact) mass is 86.1 g/mol. The van der Waals surface area contributed by atoms with Gasteiger partial charge in [0.05, 0.1) is 0 Å². The van der Waals surface area contributed by atoms with E-state index in [1.807, 2.05) is 0 Å². The van der Waals surface area contributed by atoms with Crippen molar-refractivity contribution < 1.29 is 4.39 Å². The molecule has 0 spiro atoms. The second-order valence-corrected chi connectivity index (χ2v) is 0.878. The maximum atomic E-state index is 11.6. The lowest BCUT2D eigenvalue weighted by Crippen LogP contribution is -1.53. The first-order chi connectivity index (χ1) is 2.81. The summed E-state index contributed by atoms with van der Waals surface area (Å²) in [7, 11) is 0. The Kier molecular flexibility index (Phi) is 2.38. The molecule has 0 aliphatic heterocycles. The third kappa shape index (κ3) is 1.70. The van der Waals surface area contributed by atoms with Crippen molar-refractivity contribution in [1.29, 1.82) is 0 Å². The third-order valence-electron chi connectivity index (χ3n) is 0.471. The van der Waals surface area contributed by atoms with Gasteiger partial charge in [0.15, 0.2) is 0 Å². The molecule has 6 heavy (non-hydrogen) atoms. The Morgan fingerprint density at radius 3 is 2.33 bits per heavy atom. The van der Waals surface area contributed by atoms with Crippen molar-refractivity contribution >= 4 is 0 Å². The van der Waals surface area contributed by atoms with Gasteiger partial charge in [-0.25, -0.2) is 4.39 Å². The Bertz CT molecular complexity index is 72.0. The second-order valence-electron chi connectivity index (χ2n) is 0.878. The molecule has 0 saturated carbocycles. The van der Waals surface area contributed by atoms with Gasteiger partial charge in [-0.3, -0.25) is 0 Å². The summed E-state index contributed by atoms with van der Waals surface area (Å²) in [5.41, 5.74) is 0. The number of rotatable bonds is 1. The van der Waals surface area contributed by atoms with E-state index < -0.39 is 0 Å². The van der Waals surface area contributed by atoms with Crippen LogP contribution in [0, 0.1) is 0 Å². The van der Waals surface area contributed by atoms with Gasteiger partial charge in [-0.1, -0.05) is 12.7 Å². The number of hydrogen-bond acceptors (Lipinski definition) is 0. The lowest BCUT2D eigenvalue weighted by molar-refractivity contribution is 0.665. The van der Waals surface area contributed by atoms with Gasteiger partial charge >= 0.3 is 0 Å². The minimum Gasteiger partial charge on any atom is -0.207 e. The zero-order chi connectivity index (χ0) is 4.99. The average molecular weight is 86.1 g/mol. The quantitative estimate of drug-likeness (QED) is 0.428. The fourth-order valence-electron chi connectivity index (χ4n) is 0.118. The molecule has 0 heterocycles. The van der Waals surface area contributed by atoms with Crippen LogP contribution in [0.4, 0.5) is 4.39 Å². The van der Waals surface area contributed by atoms with Crippen molar-refractivity contribution in [1.82, 2.24) is 0 Å². The highest BCUT2D eigenvalue weighted by atomic mass is 19.1. The van der Waals surface area contributed by atoms with E-state index in [0.717, 1.165) is 0 Å². The van der Waals surface area contributed by atoms with Crippen molar-refractivity contribution in [2.24, 2.45) is 0 Å². The van der Waals surface area contributed by atoms with Crippen molar-refractivity contribution in [2.45, 2.75) is 6.92 Å². The molecule has 0 aromatic carbocycles. The number of halogens is 1. The molecule has 0 aromatic rings. The summed E-state index contributed by atoms with van der Waals surface area (Å²) in [4.78, 5) is 0. The molecule has 0 aliphatic rings. The van der Waals surface area contributed by atoms with E-state index in [0.29, 0.717) is 0 Å². The molecule has 0 radical (unpaired) electrons. The van der Waals surface area contributed by atoms with Gasteiger partial charge in [0, 0.05) is 0 Å². The summed E-state index contributed by atoms with van der Waals surface area (Å²) in [6.07, 6.45) is 2.52. The van der Waals surface area contributed by atoms with Crippen molar-refractivity contribution in [3.05, 3.63) is 24.6 Å². The Hall–Kier alpha value is -0.590. The Labute approximate surface area is 37.0 Å². The van der Waals surface area contributed by atoms with E-state index in [1.165, 1.54) is 12.2 Å². The van der Waals surface area contributed by atoms with Crippen LogP contribution in [-0.2, 0) is 0 Å². The predicted molar refractivity (Wildman–Crippen MR) is 25.1 cm³/mol. The van der Waals surface area contributed by atoms with Gasteiger partial charge in [-0.05, 0) is 13.0 Å². The van der Waals surface area contributed by atoms with Crippen molar-refractivity contribution in [3.8, 4) is 0 Å². The van der Waals surface area contributed by atoms with Gasteiger partial charge < -0.3 is 0 Å². The fraction of sp³-hybridized carbons (Fsp3) is 0.200. The molecule has 0 fully saturated rings. The molecule has 0 N–H and O–H groups in total. The molecule has 0 saturated heterocycles. The van der Waals surface area contributed by atoms with Crippen LogP contribution in [0.15, 0.2) is 24.6 Å². The molecule has 0 nitrogen and oxygen atoms in total. The molecule has 1 heteroatoms. The summed E-state index contributed by atoms with van der Waals surface area (Å²) in [5.74, 6) is -0.269. The molecule has 0 amide bonds. The van der Waals surface area contributed by atoms with Crippen LogP contribution in [0.2, 0.25) is 0 Å². The molecular weight excluding hydrogens is 79.1 g/mol. The largest absolute Gasteiger partial charge is 0.207 e. The minimum atomic E-state index is -0.269. The van der Waals surface area contributed by atoms with Gasteiger partial charge in [0.25, 0.3) is 0 Å². The van der Waals surface area contributed by atoms with Gasteiger partial charge in [0.1, 0.15) is 5.83 Å².